The number of thiophene rings is 1. The van der Waals surface area contributed by atoms with Gasteiger partial charge in [0, 0.05) is 35.5 Å². The van der Waals surface area contributed by atoms with Crippen LogP contribution in [0.5, 0.6) is 0 Å². The molecule has 2 N–H and O–H groups in total. The average molecular weight is 298 g/mol. The van der Waals surface area contributed by atoms with Gasteiger partial charge in [-0.15, -0.1) is 11.3 Å². The van der Waals surface area contributed by atoms with E-state index < -0.39 is 0 Å². The molecule has 0 spiro atoms. The van der Waals surface area contributed by atoms with E-state index in [1.54, 1.807) is 0 Å². The highest BCUT2D eigenvalue weighted by Crippen LogP contribution is 2.29. The molecule has 4 rings (SSSR count). The molecule has 1 aliphatic rings. The van der Waals surface area contributed by atoms with Gasteiger partial charge in [0.25, 0.3) is 0 Å². The maximum absolute atomic E-state index is 6.04. The van der Waals surface area contributed by atoms with Gasteiger partial charge in [-0.1, -0.05) is 18.2 Å². The van der Waals surface area contributed by atoms with Crippen molar-refractivity contribution in [3.05, 3.63) is 57.5 Å². The summed E-state index contributed by atoms with van der Waals surface area (Å²) in [6.45, 7) is 3.48. The number of nitrogens with zero attached hydrogens (tertiary/aromatic N) is 1. The molecule has 0 fully saturated rings. The summed E-state index contributed by atoms with van der Waals surface area (Å²) < 4.78 is 6.04. The monoisotopic (exact) mass is 298 g/mol. The van der Waals surface area contributed by atoms with Crippen molar-refractivity contribution in [2.75, 3.05) is 6.54 Å². The number of nitrogens with two attached hydrogens (primary N) is 1. The van der Waals surface area contributed by atoms with Crippen LogP contribution in [0.2, 0.25) is 0 Å². The fourth-order valence-electron chi connectivity index (χ4n) is 3.15. The molecular weight excluding hydrogens is 280 g/mol. The molecule has 3 aromatic rings. The van der Waals surface area contributed by atoms with Gasteiger partial charge in [-0.25, -0.2) is 0 Å². The number of hydrogen-bond donors (Lipinski definition) is 1. The maximum Gasteiger partial charge on any atom is 0.134 e. The van der Waals surface area contributed by atoms with Crippen LogP contribution < -0.4 is 5.73 Å². The second kappa shape index (κ2) is 5.30. The van der Waals surface area contributed by atoms with Crippen molar-refractivity contribution in [3.63, 3.8) is 0 Å². The molecule has 3 nitrogen and oxygen atoms in total. The molecule has 0 unspecified atom stereocenters. The van der Waals surface area contributed by atoms with Crippen LogP contribution in [0.4, 0.5) is 0 Å². The first-order valence-corrected chi connectivity index (χ1v) is 8.20. The summed E-state index contributed by atoms with van der Waals surface area (Å²) in [6.07, 6.45) is 1.14. The summed E-state index contributed by atoms with van der Waals surface area (Å²) in [4.78, 5) is 3.99. The van der Waals surface area contributed by atoms with Gasteiger partial charge < -0.3 is 10.2 Å². The molecule has 0 amide bonds. The molecule has 1 aliphatic heterocycles. The van der Waals surface area contributed by atoms with Crippen molar-refractivity contribution in [2.45, 2.75) is 26.1 Å². The molecular formula is C17H18N2OS. The van der Waals surface area contributed by atoms with E-state index in [2.05, 4.69) is 22.4 Å². The van der Waals surface area contributed by atoms with Gasteiger partial charge in [0.05, 0.1) is 6.54 Å². The minimum absolute atomic E-state index is 0.532. The highest BCUT2D eigenvalue weighted by molar-refractivity contribution is 7.10. The van der Waals surface area contributed by atoms with Crippen LogP contribution in [0.25, 0.3) is 11.0 Å². The Labute approximate surface area is 128 Å². The van der Waals surface area contributed by atoms with Gasteiger partial charge in [-0.05, 0) is 29.5 Å². The van der Waals surface area contributed by atoms with Crippen LogP contribution in [0.15, 0.2) is 40.1 Å². The largest absolute Gasteiger partial charge is 0.459 e. The van der Waals surface area contributed by atoms with E-state index in [4.69, 9.17) is 10.2 Å². The fourth-order valence-corrected chi connectivity index (χ4v) is 4.04. The molecule has 21 heavy (non-hydrogen) atoms. The molecule has 0 saturated carbocycles. The number of furan rings is 1. The lowest BCUT2D eigenvalue weighted by molar-refractivity contribution is 0.228. The lowest BCUT2D eigenvalue weighted by Gasteiger charge is -2.26. The molecule has 108 valence electrons. The number of benzene rings is 1. The molecule has 4 heteroatoms. The van der Waals surface area contributed by atoms with E-state index in [9.17, 15) is 0 Å². The van der Waals surface area contributed by atoms with E-state index >= 15 is 0 Å². The van der Waals surface area contributed by atoms with Gasteiger partial charge in [-0.3, -0.25) is 4.90 Å². The first-order valence-electron chi connectivity index (χ1n) is 7.32. The molecule has 0 atom stereocenters. The molecule has 2 aromatic heterocycles. The zero-order valence-corrected chi connectivity index (χ0v) is 12.7. The van der Waals surface area contributed by atoms with Crippen molar-refractivity contribution in [1.29, 1.82) is 0 Å². The summed E-state index contributed by atoms with van der Waals surface area (Å²) in [5.41, 5.74) is 9.52. The Morgan fingerprint density at radius 3 is 3.05 bits per heavy atom. The third-order valence-corrected chi connectivity index (χ3v) is 5.26. The Morgan fingerprint density at radius 1 is 1.24 bits per heavy atom. The Balaban J connectivity index is 1.63. The summed E-state index contributed by atoms with van der Waals surface area (Å²) in [5, 5.41) is 3.35. The van der Waals surface area contributed by atoms with Crippen LogP contribution in [-0.4, -0.2) is 11.4 Å². The Bertz CT molecular complexity index is 774. The topological polar surface area (TPSA) is 42.4 Å². The zero-order valence-electron chi connectivity index (χ0n) is 11.8. The molecule has 0 aliphatic carbocycles. The average Bonchev–Trinajstić information content (AvgIpc) is 3.10. The molecule has 0 saturated heterocycles. The summed E-state index contributed by atoms with van der Waals surface area (Å²) in [7, 11) is 0. The predicted octanol–water partition coefficient (Wildman–Crippen LogP) is 3.51. The molecule has 0 radical (unpaired) electrons. The quantitative estimate of drug-likeness (QED) is 0.804. The number of hydrogen-bond acceptors (Lipinski definition) is 4. The maximum atomic E-state index is 6.04. The molecule has 3 heterocycles. The van der Waals surface area contributed by atoms with Crippen molar-refractivity contribution < 1.29 is 4.42 Å². The van der Waals surface area contributed by atoms with Crippen LogP contribution in [0, 0.1) is 0 Å². The number of para-hydroxylation sites is 1. The van der Waals surface area contributed by atoms with Crippen LogP contribution in [0.1, 0.15) is 21.8 Å². The minimum atomic E-state index is 0.532. The Hall–Kier alpha value is -1.62. The third-order valence-electron chi connectivity index (χ3n) is 4.24. The lowest BCUT2D eigenvalue weighted by Crippen LogP contribution is -2.29. The van der Waals surface area contributed by atoms with Gasteiger partial charge in [0.2, 0.25) is 0 Å². The van der Waals surface area contributed by atoms with Gasteiger partial charge in [-0.2, -0.15) is 0 Å². The van der Waals surface area contributed by atoms with Gasteiger partial charge in [0.15, 0.2) is 0 Å². The van der Waals surface area contributed by atoms with Crippen molar-refractivity contribution >= 4 is 22.3 Å². The zero-order chi connectivity index (χ0) is 14.2. The van der Waals surface area contributed by atoms with E-state index in [1.807, 2.05) is 29.5 Å². The molecule has 1 aromatic carbocycles. The molecule has 0 bridgehead atoms. The SMILES string of the molecule is NCc1c(CN2CCc3sccc3C2)oc2ccccc12. The minimum Gasteiger partial charge on any atom is -0.459 e. The van der Waals surface area contributed by atoms with Crippen LogP contribution in [0.3, 0.4) is 0 Å². The normalized spacial score (nSPS) is 15.5. The number of rotatable bonds is 3. The smallest absolute Gasteiger partial charge is 0.134 e. The predicted molar refractivity (Wildman–Crippen MR) is 86.2 cm³/mol. The lowest BCUT2D eigenvalue weighted by atomic mass is 10.1. The van der Waals surface area contributed by atoms with Gasteiger partial charge in [0.1, 0.15) is 11.3 Å². The fraction of sp³-hybridized carbons (Fsp3) is 0.294. The van der Waals surface area contributed by atoms with Crippen molar-refractivity contribution in [3.8, 4) is 0 Å². The van der Waals surface area contributed by atoms with Crippen LogP contribution >= 0.6 is 11.3 Å². The van der Waals surface area contributed by atoms with Crippen molar-refractivity contribution in [2.24, 2.45) is 5.73 Å². The second-order valence-electron chi connectivity index (χ2n) is 5.53. The van der Waals surface area contributed by atoms with Crippen molar-refractivity contribution in [1.82, 2.24) is 4.90 Å². The Kier molecular flexibility index (Phi) is 3.30. The Morgan fingerprint density at radius 2 is 2.14 bits per heavy atom. The van der Waals surface area contributed by atoms with E-state index in [-0.39, 0.29) is 0 Å². The third kappa shape index (κ3) is 2.29. The first kappa shape index (κ1) is 13.1. The van der Waals surface area contributed by atoms with Crippen LogP contribution in [-0.2, 0) is 26.1 Å². The highest BCUT2D eigenvalue weighted by atomic mass is 32.1. The van der Waals surface area contributed by atoms with E-state index in [0.717, 1.165) is 48.3 Å². The number of fused-ring (bicyclic) bond motifs is 2. The van der Waals surface area contributed by atoms with E-state index in [1.165, 1.54) is 10.4 Å². The standard InChI is InChI=1S/C17H18N2OS/c18-9-14-13-3-1-2-4-15(13)20-16(14)11-19-7-5-17-12(10-19)6-8-21-17/h1-4,6,8H,5,7,9-11,18H2. The second-order valence-corrected chi connectivity index (χ2v) is 6.53. The first-order chi connectivity index (χ1) is 10.3. The summed E-state index contributed by atoms with van der Waals surface area (Å²) in [5.74, 6) is 1.03. The van der Waals surface area contributed by atoms with Gasteiger partial charge >= 0.3 is 0 Å². The summed E-state index contributed by atoms with van der Waals surface area (Å²) >= 11 is 1.88. The highest BCUT2D eigenvalue weighted by Gasteiger charge is 2.20. The van der Waals surface area contributed by atoms with E-state index in [0.29, 0.717) is 6.54 Å². The summed E-state index contributed by atoms with van der Waals surface area (Å²) in [6, 6.07) is 10.4.